The van der Waals surface area contributed by atoms with Gasteiger partial charge in [-0.05, 0) is 29.0 Å². The number of aromatic nitrogens is 3. The molecule has 1 aliphatic rings. The third-order valence-electron chi connectivity index (χ3n) is 5.13. The van der Waals surface area contributed by atoms with Crippen LogP contribution in [0, 0.1) is 0 Å². The molecule has 0 unspecified atom stereocenters. The summed E-state index contributed by atoms with van der Waals surface area (Å²) in [6.45, 7) is 0.752. The summed E-state index contributed by atoms with van der Waals surface area (Å²) < 4.78 is 28.3. The summed E-state index contributed by atoms with van der Waals surface area (Å²) in [5, 5.41) is 6.78. The van der Waals surface area contributed by atoms with Crippen molar-refractivity contribution in [2.45, 2.75) is 19.5 Å². The van der Waals surface area contributed by atoms with Crippen molar-refractivity contribution in [2.75, 3.05) is 12.8 Å². The molecule has 28 heavy (non-hydrogen) atoms. The summed E-state index contributed by atoms with van der Waals surface area (Å²) in [5.41, 5.74) is 7.98. The van der Waals surface area contributed by atoms with Crippen LogP contribution in [-0.2, 0) is 36.6 Å². The summed E-state index contributed by atoms with van der Waals surface area (Å²) in [5.74, 6) is -0.533. The highest BCUT2D eigenvalue weighted by Gasteiger charge is 2.29. The third-order valence-corrected chi connectivity index (χ3v) is 7.35. The molecule has 1 amide bonds. The van der Waals surface area contributed by atoms with E-state index in [1.165, 1.54) is 26.6 Å². The van der Waals surface area contributed by atoms with E-state index < -0.39 is 15.9 Å². The summed E-state index contributed by atoms with van der Waals surface area (Å²) in [4.78, 5) is 25.0. The molecule has 2 N–H and O–H groups in total. The van der Waals surface area contributed by atoms with Crippen LogP contribution in [-0.4, -0.2) is 45.8 Å². The van der Waals surface area contributed by atoms with E-state index in [1.807, 2.05) is 0 Å². The average molecular weight is 422 g/mol. The van der Waals surface area contributed by atoms with Crippen LogP contribution < -0.4 is 11.3 Å². The SMILES string of the molecule is Cn1c2c(c3cnn(Cc4ccsc4C(N)=O)c(=O)c31)CCN(S(C)(=O)=O)C2. The van der Waals surface area contributed by atoms with Crippen LogP contribution in [0.3, 0.4) is 0 Å². The van der Waals surface area contributed by atoms with Crippen molar-refractivity contribution in [1.29, 1.82) is 0 Å². The number of carbonyl (C=O) groups is 1. The van der Waals surface area contributed by atoms with E-state index >= 15 is 0 Å². The Balaban J connectivity index is 1.81. The van der Waals surface area contributed by atoms with E-state index in [4.69, 9.17) is 5.73 Å². The lowest BCUT2D eigenvalue weighted by molar-refractivity contribution is 0.100. The second kappa shape index (κ2) is 6.54. The van der Waals surface area contributed by atoms with Gasteiger partial charge in [-0.2, -0.15) is 9.40 Å². The number of aryl methyl sites for hydroxylation is 1. The van der Waals surface area contributed by atoms with Gasteiger partial charge in [0.15, 0.2) is 0 Å². The van der Waals surface area contributed by atoms with Gasteiger partial charge in [-0.1, -0.05) is 0 Å². The lowest BCUT2D eigenvalue weighted by atomic mass is 10.1. The van der Waals surface area contributed by atoms with E-state index in [0.717, 1.165) is 16.6 Å². The minimum Gasteiger partial charge on any atom is -0.365 e. The second-order valence-electron chi connectivity index (χ2n) is 6.84. The molecule has 0 spiro atoms. The van der Waals surface area contributed by atoms with Crippen molar-refractivity contribution in [2.24, 2.45) is 12.8 Å². The first-order valence-electron chi connectivity index (χ1n) is 8.56. The number of thiophene rings is 1. The van der Waals surface area contributed by atoms with Gasteiger partial charge < -0.3 is 10.3 Å². The molecule has 0 saturated heterocycles. The fourth-order valence-electron chi connectivity index (χ4n) is 3.71. The van der Waals surface area contributed by atoms with E-state index in [9.17, 15) is 18.0 Å². The molecule has 0 atom stereocenters. The van der Waals surface area contributed by atoms with Crippen molar-refractivity contribution >= 4 is 38.2 Å². The van der Waals surface area contributed by atoms with Crippen LogP contribution in [0.25, 0.3) is 10.9 Å². The number of sulfonamides is 1. The first kappa shape index (κ1) is 18.8. The van der Waals surface area contributed by atoms with Crippen molar-refractivity contribution in [3.63, 3.8) is 0 Å². The summed E-state index contributed by atoms with van der Waals surface area (Å²) in [7, 11) is -1.55. The Morgan fingerprint density at radius 3 is 2.82 bits per heavy atom. The van der Waals surface area contributed by atoms with Gasteiger partial charge in [-0.25, -0.2) is 13.1 Å². The van der Waals surface area contributed by atoms with Crippen LogP contribution in [0.2, 0.25) is 0 Å². The zero-order valence-corrected chi connectivity index (χ0v) is 17.0. The fraction of sp³-hybridized carbons (Fsp3) is 0.353. The molecule has 9 nitrogen and oxygen atoms in total. The largest absolute Gasteiger partial charge is 0.365 e. The number of nitrogens with two attached hydrogens (primary N) is 1. The maximum absolute atomic E-state index is 13.1. The molecule has 0 radical (unpaired) electrons. The van der Waals surface area contributed by atoms with E-state index in [2.05, 4.69) is 5.10 Å². The third kappa shape index (κ3) is 2.95. The van der Waals surface area contributed by atoms with E-state index in [-0.39, 0.29) is 18.6 Å². The number of primary amides is 1. The molecule has 3 aromatic rings. The predicted molar refractivity (Wildman–Crippen MR) is 106 cm³/mol. The molecular formula is C17H19N5O4S2. The number of carbonyl (C=O) groups excluding carboxylic acids is 1. The summed E-state index contributed by atoms with van der Waals surface area (Å²) in [6.07, 6.45) is 3.36. The Labute approximate surface area is 165 Å². The van der Waals surface area contributed by atoms with E-state index in [0.29, 0.717) is 28.9 Å². The van der Waals surface area contributed by atoms with Crippen LogP contribution in [0.1, 0.15) is 26.5 Å². The molecule has 3 aromatic heterocycles. The number of hydrogen-bond acceptors (Lipinski definition) is 6. The van der Waals surface area contributed by atoms with Crippen LogP contribution in [0.15, 0.2) is 22.4 Å². The molecular weight excluding hydrogens is 402 g/mol. The highest BCUT2D eigenvalue weighted by Crippen LogP contribution is 2.29. The Kier molecular flexibility index (Phi) is 4.40. The van der Waals surface area contributed by atoms with Gasteiger partial charge >= 0.3 is 0 Å². The standard InChI is InChI=1S/C17H19N5O4S2/c1-20-13-9-21(28(2,25)26)5-3-11(13)12-7-19-22(17(24)14(12)20)8-10-4-6-27-15(10)16(18)23/h4,6-7H,3,5,8-9H2,1-2H3,(H2,18,23). The molecule has 4 rings (SSSR count). The van der Waals surface area contributed by atoms with Crippen molar-refractivity contribution in [1.82, 2.24) is 18.7 Å². The number of nitrogens with zero attached hydrogens (tertiary/aromatic N) is 4. The van der Waals surface area contributed by atoms with Gasteiger partial charge in [-0.15, -0.1) is 11.3 Å². The zero-order chi connectivity index (χ0) is 20.2. The lowest BCUT2D eigenvalue weighted by Crippen LogP contribution is -2.35. The minimum absolute atomic E-state index is 0.141. The van der Waals surface area contributed by atoms with Crippen LogP contribution in [0.5, 0.6) is 0 Å². The van der Waals surface area contributed by atoms with Crippen molar-refractivity contribution < 1.29 is 13.2 Å². The molecule has 11 heteroatoms. The summed E-state index contributed by atoms with van der Waals surface area (Å²) in [6, 6.07) is 1.75. The van der Waals surface area contributed by atoms with Gasteiger partial charge in [-0.3, -0.25) is 9.59 Å². The molecule has 1 aliphatic heterocycles. The second-order valence-corrected chi connectivity index (χ2v) is 9.74. The molecule has 0 aliphatic carbocycles. The molecule has 148 valence electrons. The fourth-order valence-corrected chi connectivity index (χ4v) is 5.26. The maximum Gasteiger partial charge on any atom is 0.291 e. The smallest absolute Gasteiger partial charge is 0.291 e. The average Bonchev–Trinajstić information content (AvgIpc) is 3.20. The van der Waals surface area contributed by atoms with Gasteiger partial charge in [0.2, 0.25) is 10.0 Å². The van der Waals surface area contributed by atoms with E-state index in [1.54, 1.807) is 29.3 Å². The molecule has 0 aromatic carbocycles. The molecule has 0 fully saturated rings. The Bertz CT molecular complexity index is 1270. The Hall–Kier alpha value is -2.50. The monoisotopic (exact) mass is 421 g/mol. The number of fused-ring (bicyclic) bond motifs is 3. The maximum atomic E-state index is 13.1. The van der Waals surface area contributed by atoms with Gasteiger partial charge in [0.05, 0.1) is 30.4 Å². The van der Waals surface area contributed by atoms with Crippen LogP contribution >= 0.6 is 11.3 Å². The van der Waals surface area contributed by atoms with Crippen molar-refractivity contribution in [3.8, 4) is 0 Å². The zero-order valence-electron chi connectivity index (χ0n) is 15.4. The molecule has 0 saturated carbocycles. The van der Waals surface area contributed by atoms with Gasteiger partial charge in [0, 0.05) is 24.7 Å². The molecule has 0 bridgehead atoms. The van der Waals surface area contributed by atoms with Crippen LogP contribution in [0.4, 0.5) is 0 Å². The Morgan fingerprint density at radius 1 is 1.39 bits per heavy atom. The quantitative estimate of drug-likeness (QED) is 0.648. The molecule has 4 heterocycles. The minimum atomic E-state index is -3.31. The highest BCUT2D eigenvalue weighted by atomic mass is 32.2. The lowest BCUT2D eigenvalue weighted by Gasteiger charge is -2.25. The Morgan fingerprint density at radius 2 is 2.14 bits per heavy atom. The highest BCUT2D eigenvalue weighted by molar-refractivity contribution is 7.88. The normalized spacial score (nSPS) is 15.1. The topological polar surface area (TPSA) is 120 Å². The summed E-state index contributed by atoms with van der Waals surface area (Å²) >= 11 is 1.23. The predicted octanol–water partition coefficient (Wildman–Crippen LogP) is 0.261. The number of amides is 1. The number of hydrogen-bond donors (Lipinski definition) is 1. The van der Waals surface area contributed by atoms with Gasteiger partial charge in [0.1, 0.15) is 5.52 Å². The first-order chi connectivity index (χ1) is 13.2. The van der Waals surface area contributed by atoms with Gasteiger partial charge in [0.25, 0.3) is 11.5 Å². The van der Waals surface area contributed by atoms with Crippen molar-refractivity contribution in [3.05, 3.63) is 49.7 Å². The first-order valence-corrected chi connectivity index (χ1v) is 11.3. The number of rotatable bonds is 4.